The zero-order chi connectivity index (χ0) is 14.0. The van der Waals surface area contributed by atoms with Crippen LogP contribution < -0.4 is 5.73 Å². The molecule has 2 aliphatic carbocycles. The molecule has 106 valence electrons. The fraction of sp³-hybridized carbons (Fsp3) is 0.923. The number of hydrogen-bond donors (Lipinski definition) is 1. The molecule has 0 heterocycles. The van der Waals surface area contributed by atoms with Crippen LogP contribution >= 0.6 is 0 Å². The molecule has 0 atom stereocenters. The number of ether oxygens (including phenoxy) is 1. The first-order chi connectivity index (χ1) is 8.11. The molecule has 0 unspecified atom stereocenters. The zero-order valence-corrected chi connectivity index (χ0v) is 11.3. The van der Waals surface area contributed by atoms with Crippen LogP contribution in [0.15, 0.2) is 0 Å². The number of aldehydes is 1. The molecule has 0 aliphatic heterocycles. The normalized spacial score (nSPS) is 24.6. The van der Waals surface area contributed by atoms with Gasteiger partial charge in [-0.2, -0.15) is 0 Å². The van der Waals surface area contributed by atoms with Gasteiger partial charge in [0.1, 0.15) is 6.29 Å². The molecule has 0 aromatic rings. The molecule has 2 aliphatic rings. The molecule has 2 N–H and O–H groups in total. The van der Waals surface area contributed by atoms with Crippen molar-refractivity contribution in [2.24, 2.45) is 17.1 Å². The van der Waals surface area contributed by atoms with E-state index in [-0.39, 0.29) is 18.3 Å². The van der Waals surface area contributed by atoms with Gasteiger partial charge in [0.05, 0.1) is 5.54 Å². The summed E-state index contributed by atoms with van der Waals surface area (Å²) in [6, 6.07) is 0. The molecule has 0 bridgehead atoms. The summed E-state index contributed by atoms with van der Waals surface area (Å²) in [5.74, 6) is -1.80. The van der Waals surface area contributed by atoms with E-state index in [9.17, 15) is 13.6 Å². The fourth-order valence-electron chi connectivity index (χ4n) is 2.85. The van der Waals surface area contributed by atoms with Gasteiger partial charge in [-0.05, 0) is 38.0 Å². The van der Waals surface area contributed by atoms with Gasteiger partial charge >= 0.3 is 0 Å². The Labute approximate surface area is 107 Å². The third kappa shape index (κ3) is 4.28. The molecule has 1 spiro atoms. The van der Waals surface area contributed by atoms with Crippen molar-refractivity contribution in [3.63, 3.8) is 0 Å². The minimum atomic E-state index is -2.35. The molecule has 5 heteroatoms. The Morgan fingerprint density at radius 2 is 1.83 bits per heavy atom. The van der Waals surface area contributed by atoms with E-state index in [0.717, 1.165) is 19.4 Å². The maximum Gasteiger partial charge on any atom is 0.249 e. The van der Waals surface area contributed by atoms with Crippen LogP contribution in [-0.4, -0.2) is 31.5 Å². The highest BCUT2D eigenvalue weighted by Crippen LogP contribution is 2.64. The summed E-state index contributed by atoms with van der Waals surface area (Å²) in [4.78, 5) is 9.70. The number of nitrogens with two attached hydrogens (primary N) is 1. The van der Waals surface area contributed by atoms with Crippen molar-refractivity contribution in [1.29, 1.82) is 0 Å². The number of carbonyl (C=O) groups is 1. The van der Waals surface area contributed by atoms with E-state index in [0.29, 0.717) is 12.2 Å². The van der Waals surface area contributed by atoms with Gasteiger partial charge in [-0.1, -0.05) is 0 Å². The van der Waals surface area contributed by atoms with Gasteiger partial charge in [0, 0.05) is 26.6 Å². The van der Waals surface area contributed by atoms with Crippen LogP contribution in [0.3, 0.4) is 0 Å². The van der Waals surface area contributed by atoms with Crippen LogP contribution in [-0.2, 0) is 9.53 Å². The molecule has 3 nitrogen and oxygen atoms in total. The van der Waals surface area contributed by atoms with E-state index in [1.807, 2.05) is 0 Å². The quantitative estimate of drug-likeness (QED) is 0.795. The van der Waals surface area contributed by atoms with Gasteiger partial charge in [0.15, 0.2) is 0 Å². The number of rotatable bonds is 3. The average molecular weight is 263 g/mol. The first-order valence-corrected chi connectivity index (χ1v) is 6.23. The van der Waals surface area contributed by atoms with E-state index in [4.69, 9.17) is 10.5 Å². The number of methoxy groups -OCH3 is 1. The summed E-state index contributed by atoms with van der Waals surface area (Å²) in [5.41, 5.74) is 4.55. The lowest BCUT2D eigenvalue weighted by atomic mass is 9.50. The van der Waals surface area contributed by atoms with Crippen LogP contribution in [0.2, 0.25) is 0 Å². The second kappa shape index (κ2) is 5.21. The summed E-state index contributed by atoms with van der Waals surface area (Å²) < 4.78 is 30.0. The van der Waals surface area contributed by atoms with Crippen molar-refractivity contribution in [3.8, 4) is 0 Å². The second-order valence-corrected chi connectivity index (χ2v) is 6.38. The monoisotopic (exact) mass is 263 g/mol. The summed E-state index contributed by atoms with van der Waals surface area (Å²) in [5, 5.41) is 0. The third-order valence-electron chi connectivity index (χ3n) is 3.42. The lowest BCUT2D eigenvalue weighted by molar-refractivity contribution is -0.211. The van der Waals surface area contributed by atoms with Crippen molar-refractivity contribution in [3.05, 3.63) is 0 Å². The van der Waals surface area contributed by atoms with E-state index in [2.05, 4.69) is 0 Å². The molecule has 18 heavy (non-hydrogen) atoms. The Hall–Kier alpha value is -0.550. The van der Waals surface area contributed by atoms with Gasteiger partial charge in [-0.15, -0.1) is 0 Å². The lowest BCUT2D eigenvalue weighted by Gasteiger charge is -2.57. The third-order valence-corrected chi connectivity index (χ3v) is 3.42. The largest absolute Gasteiger partial charge is 0.384 e. The highest BCUT2D eigenvalue weighted by Gasteiger charge is 2.61. The Balaban J connectivity index is 0.000000232. The summed E-state index contributed by atoms with van der Waals surface area (Å²) in [6.07, 6.45) is 2.88. The number of alkyl halides is 2. The van der Waals surface area contributed by atoms with Gasteiger partial charge in [0.25, 0.3) is 0 Å². The first kappa shape index (κ1) is 15.5. The van der Waals surface area contributed by atoms with Crippen LogP contribution in [0.4, 0.5) is 8.78 Å². The zero-order valence-electron chi connectivity index (χ0n) is 11.3. The van der Waals surface area contributed by atoms with Crippen molar-refractivity contribution >= 4 is 6.29 Å². The maximum atomic E-state index is 12.5. The van der Waals surface area contributed by atoms with Gasteiger partial charge in [-0.3, -0.25) is 0 Å². The summed E-state index contributed by atoms with van der Waals surface area (Å²) >= 11 is 0. The summed E-state index contributed by atoms with van der Waals surface area (Å²) in [7, 11) is 1.67. The molecular weight excluding hydrogens is 240 g/mol. The van der Waals surface area contributed by atoms with Crippen molar-refractivity contribution in [1.82, 2.24) is 0 Å². The molecule has 0 saturated heterocycles. The number of carbonyl (C=O) groups excluding carboxylic acids is 1. The van der Waals surface area contributed by atoms with Crippen LogP contribution in [0.25, 0.3) is 0 Å². The Morgan fingerprint density at radius 3 is 2.11 bits per heavy atom. The van der Waals surface area contributed by atoms with Crippen molar-refractivity contribution in [2.75, 3.05) is 13.7 Å². The van der Waals surface area contributed by atoms with Crippen LogP contribution in [0, 0.1) is 11.3 Å². The average Bonchev–Trinajstić information content (AvgIpc) is 2.12. The smallest absolute Gasteiger partial charge is 0.249 e. The van der Waals surface area contributed by atoms with Crippen molar-refractivity contribution < 1.29 is 18.3 Å². The minimum Gasteiger partial charge on any atom is -0.384 e. The second-order valence-electron chi connectivity index (χ2n) is 6.38. The predicted molar refractivity (Wildman–Crippen MR) is 65.5 cm³/mol. The predicted octanol–water partition coefficient (Wildman–Crippen LogP) is 2.38. The molecule has 2 fully saturated rings. The Kier molecular flexibility index (Phi) is 4.49. The molecule has 0 aromatic heterocycles. The van der Waals surface area contributed by atoms with Gasteiger partial charge < -0.3 is 15.3 Å². The molecule has 2 rings (SSSR count). The molecule has 0 aromatic carbocycles. The van der Waals surface area contributed by atoms with E-state index < -0.39 is 11.5 Å². The lowest BCUT2D eigenvalue weighted by Crippen LogP contribution is -2.54. The molecular formula is C13H23F2NO2. The van der Waals surface area contributed by atoms with Crippen molar-refractivity contribution in [2.45, 2.75) is 51.0 Å². The fourth-order valence-corrected chi connectivity index (χ4v) is 2.85. The van der Waals surface area contributed by atoms with Crippen LogP contribution in [0.1, 0.15) is 39.5 Å². The highest BCUT2D eigenvalue weighted by atomic mass is 19.3. The Morgan fingerprint density at radius 1 is 1.39 bits per heavy atom. The topological polar surface area (TPSA) is 52.3 Å². The maximum absolute atomic E-state index is 12.5. The Bertz CT molecular complexity index is 284. The van der Waals surface area contributed by atoms with E-state index in [1.165, 1.54) is 0 Å². The molecule has 2 saturated carbocycles. The molecule has 0 radical (unpaired) electrons. The SMILES string of the molecule is CC(C)(N)C=O.COCC1CC2(C1)CC(F)(F)C2. The minimum absolute atomic E-state index is 0.0205. The van der Waals surface area contributed by atoms with E-state index >= 15 is 0 Å². The van der Waals surface area contributed by atoms with Crippen LogP contribution in [0.5, 0.6) is 0 Å². The molecule has 0 amide bonds. The first-order valence-electron chi connectivity index (χ1n) is 6.23. The number of halogens is 2. The van der Waals surface area contributed by atoms with Gasteiger partial charge in [-0.25, -0.2) is 8.78 Å². The number of hydrogen-bond acceptors (Lipinski definition) is 3. The highest BCUT2D eigenvalue weighted by molar-refractivity contribution is 5.61. The van der Waals surface area contributed by atoms with Gasteiger partial charge in [0.2, 0.25) is 5.92 Å². The summed E-state index contributed by atoms with van der Waals surface area (Å²) in [6.45, 7) is 4.05. The standard InChI is InChI=1S/C9H14F2O.C4H9NO/c1-12-4-7-2-8(3-7)5-9(10,11)6-8;1-4(2,5)3-6/h7H,2-6H2,1H3;3H,5H2,1-2H3. The van der Waals surface area contributed by atoms with E-state index in [1.54, 1.807) is 21.0 Å².